The second-order valence-electron chi connectivity index (χ2n) is 4.06. The van der Waals surface area contributed by atoms with Crippen molar-refractivity contribution in [3.63, 3.8) is 0 Å². The molecule has 0 radical (unpaired) electrons. The Hall–Kier alpha value is -0.920. The molecular formula is C8H14F4N2O5S2. The van der Waals surface area contributed by atoms with E-state index >= 15 is 0 Å². The zero-order chi connectivity index (χ0) is 17.2. The van der Waals surface area contributed by atoms with Crippen LogP contribution in [0.2, 0.25) is 0 Å². The minimum atomic E-state index is -6.09. The number of nitrogens with zero attached hydrogens (tertiary/aromatic N) is 1. The predicted molar refractivity (Wildman–Crippen MR) is 62.3 cm³/mol. The fourth-order valence-electron chi connectivity index (χ4n) is 1.55. The van der Waals surface area contributed by atoms with Crippen molar-refractivity contribution in [1.82, 2.24) is 4.90 Å². The van der Waals surface area contributed by atoms with Gasteiger partial charge in [0.25, 0.3) is 0 Å². The Bertz CT molecular complexity index is 599. The zero-order valence-electron chi connectivity index (χ0n) is 11.2. The third-order valence-corrected chi connectivity index (χ3v) is 4.18. The van der Waals surface area contributed by atoms with E-state index < -0.39 is 26.0 Å². The molecule has 1 rings (SSSR count). The SMILES string of the molecule is CCC1N(C)C(C)=C[NH+]1S(=O)(=O)F.O=S(=O)([O-])C(F)(F)F. The lowest BCUT2D eigenvalue weighted by Crippen LogP contribution is -3.12. The number of alkyl halides is 3. The van der Waals surface area contributed by atoms with E-state index in [1.807, 2.05) is 6.92 Å². The third kappa shape index (κ3) is 5.41. The Balaban J connectivity index is 0.000000433. The molecule has 1 N–H and O–H groups in total. The van der Waals surface area contributed by atoms with Crippen molar-refractivity contribution in [1.29, 1.82) is 0 Å². The highest BCUT2D eigenvalue weighted by Gasteiger charge is 2.40. The van der Waals surface area contributed by atoms with E-state index in [9.17, 15) is 25.5 Å². The number of rotatable bonds is 2. The minimum absolute atomic E-state index is 0.116. The van der Waals surface area contributed by atoms with E-state index in [1.54, 1.807) is 18.9 Å². The van der Waals surface area contributed by atoms with Crippen LogP contribution in [0.4, 0.5) is 17.1 Å². The van der Waals surface area contributed by atoms with Crippen LogP contribution in [0.3, 0.4) is 0 Å². The van der Waals surface area contributed by atoms with Gasteiger partial charge in [-0.1, -0.05) is 10.8 Å². The molecule has 0 aromatic rings. The van der Waals surface area contributed by atoms with Crippen molar-refractivity contribution >= 4 is 20.5 Å². The minimum Gasteiger partial charge on any atom is -0.741 e. The molecule has 0 amide bonds. The maximum atomic E-state index is 12.7. The fourth-order valence-corrected chi connectivity index (χ4v) is 2.51. The maximum absolute atomic E-state index is 12.7. The molecule has 2 unspecified atom stereocenters. The second-order valence-corrected chi connectivity index (χ2v) is 6.78. The summed E-state index contributed by atoms with van der Waals surface area (Å²) >= 11 is 0. The number of allylic oxidation sites excluding steroid dienone is 1. The smallest absolute Gasteiger partial charge is 0.485 e. The van der Waals surface area contributed by atoms with Gasteiger partial charge in [-0.2, -0.15) is 17.5 Å². The van der Waals surface area contributed by atoms with E-state index in [-0.39, 0.29) is 10.5 Å². The molecule has 0 fully saturated rings. The van der Waals surface area contributed by atoms with Gasteiger partial charge in [0.15, 0.2) is 16.3 Å². The molecule has 0 aromatic carbocycles. The first-order valence-corrected chi connectivity index (χ1v) is 8.17. The van der Waals surface area contributed by atoms with Crippen LogP contribution in [-0.4, -0.2) is 45.0 Å². The van der Waals surface area contributed by atoms with Crippen molar-refractivity contribution in [3.05, 3.63) is 11.9 Å². The summed E-state index contributed by atoms with van der Waals surface area (Å²) in [7, 11) is -8.86. The Labute approximate surface area is 119 Å². The Morgan fingerprint density at radius 2 is 1.71 bits per heavy atom. The van der Waals surface area contributed by atoms with Gasteiger partial charge >= 0.3 is 15.9 Å². The lowest BCUT2D eigenvalue weighted by molar-refractivity contribution is -0.748. The van der Waals surface area contributed by atoms with Gasteiger partial charge in [-0.3, -0.25) is 0 Å². The van der Waals surface area contributed by atoms with Crippen LogP contribution in [0.15, 0.2) is 11.9 Å². The van der Waals surface area contributed by atoms with Gasteiger partial charge in [-0.05, 0) is 6.92 Å². The van der Waals surface area contributed by atoms with E-state index in [4.69, 9.17) is 13.0 Å². The maximum Gasteiger partial charge on any atom is 0.485 e. The first kappa shape index (κ1) is 20.1. The molecule has 126 valence electrons. The first-order chi connectivity index (χ1) is 9.13. The van der Waals surface area contributed by atoms with Crippen molar-refractivity contribution in [3.8, 4) is 0 Å². The molecule has 0 saturated heterocycles. The van der Waals surface area contributed by atoms with E-state index in [1.165, 1.54) is 6.20 Å². The molecule has 1 aliphatic heterocycles. The van der Waals surface area contributed by atoms with Crippen molar-refractivity contribution < 1.29 is 42.8 Å². The van der Waals surface area contributed by atoms with Gasteiger partial charge in [-0.15, -0.1) is 8.42 Å². The molecular weight excluding hydrogens is 344 g/mol. The molecule has 0 bridgehead atoms. The summed E-state index contributed by atoms with van der Waals surface area (Å²) in [5.41, 5.74) is -4.87. The molecule has 0 spiro atoms. The average Bonchev–Trinajstić information content (AvgIpc) is 2.53. The predicted octanol–water partition coefficient (Wildman–Crippen LogP) is -0.320. The Morgan fingerprint density at radius 3 is 1.90 bits per heavy atom. The van der Waals surface area contributed by atoms with E-state index in [0.717, 1.165) is 5.70 Å². The highest BCUT2D eigenvalue weighted by molar-refractivity contribution is 7.86. The summed E-state index contributed by atoms with van der Waals surface area (Å²) < 4.78 is 93.0. The van der Waals surface area contributed by atoms with Crippen LogP contribution in [0.5, 0.6) is 0 Å². The molecule has 13 heteroatoms. The summed E-state index contributed by atoms with van der Waals surface area (Å²) in [5.74, 6) is 0. The molecule has 1 aliphatic rings. The van der Waals surface area contributed by atoms with Gasteiger partial charge < -0.3 is 9.45 Å². The topological polar surface area (TPSA) is 99.0 Å². The highest BCUT2D eigenvalue weighted by Crippen LogP contribution is 2.20. The summed E-state index contributed by atoms with van der Waals surface area (Å²) in [6.45, 7) is 3.60. The summed E-state index contributed by atoms with van der Waals surface area (Å²) in [4.78, 5) is 1.77. The van der Waals surface area contributed by atoms with Gasteiger partial charge in [0.05, 0.1) is 5.70 Å². The summed E-state index contributed by atoms with van der Waals surface area (Å²) in [5, 5.41) is 0. The third-order valence-electron chi connectivity index (χ3n) is 2.66. The van der Waals surface area contributed by atoms with Gasteiger partial charge in [0, 0.05) is 13.5 Å². The van der Waals surface area contributed by atoms with E-state index in [2.05, 4.69) is 0 Å². The summed E-state index contributed by atoms with van der Waals surface area (Å²) in [6, 6.07) is 0. The molecule has 0 saturated carbocycles. The molecule has 21 heavy (non-hydrogen) atoms. The van der Waals surface area contributed by atoms with E-state index in [0.29, 0.717) is 6.42 Å². The van der Waals surface area contributed by atoms with Gasteiger partial charge in [-0.25, -0.2) is 8.42 Å². The number of hydrogen-bond donors (Lipinski definition) is 1. The summed E-state index contributed by atoms with van der Waals surface area (Å²) in [6.07, 6.45) is 1.64. The number of quaternary nitrogens is 1. The number of nitrogens with one attached hydrogen (secondary N) is 1. The van der Waals surface area contributed by atoms with Crippen LogP contribution < -0.4 is 4.31 Å². The Morgan fingerprint density at radius 1 is 1.33 bits per heavy atom. The van der Waals surface area contributed by atoms with Crippen molar-refractivity contribution in [2.24, 2.45) is 0 Å². The fraction of sp³-hybridized carbons (Fsp3) is 0.750. The lowest BCUT2D eigenvalue weighted by Gasteiger charge is -2.21. The van der Waals surface area contributed by atoms with Crippen LogP contribution in [-0.2, 0) is 20.5 Å². The van der Waals surface area contributed by atoms with Crippen molar-refractivity contribution in [2.75, 3.05) is 7.05 Å². The molecule has 0 aromatic heterocycles. The monoisotopic (exact) mass is 358 g/mol. The van der Waals surface area contributed by atoms with Crippen LogP contribution in [0, 0.1) is 0 Å². The van der Waals surface area contributed by atoms with Crippen LogP contribution in [0.25, 0.3) is 0 Å². The van der Waals surface area contributed by atoms with Gasteiger partial charge in [0.2, 0.25) is 0 Å². The van der Waals surface area contributed by atoms with Gasteiger partial charge in [0.1, 0.15) is 6.20 Å². The largest absolute Gasteiger partial charge is 0.741 e. The molecule has 2 atom stereocenters. The highest BCUT2D eigenvalue weighted by atomic mass is 32.3. The average molecular weight is 358 g/mol. The number of hydrogen-bond acceptors (Lipinski definition) is 6. The molecule has 1 heterocycles. The van der Waals surface area contributed by atoms with Crippen LogP contribution >= 0.6 is 0 Å². The quantitative estimate of drug-likeness (QED) is 0.314. The first-order valence-electron chi connectivity index (χ1n) is 5.37. The standard InChI is InChI=1S/C7H13FN2O2S.CHF3O3S/c1-4-7-9(3)6(2)5-10(7)13(8,11)12;2-1(3,4)8(5,6)7/h5,7H,4H2,1-3H3;(H,5,6,7). The van der Waals surface area contributed by atoms with Crippen molar-refractivity contribution in [2.45, 2.75) is 31.9 Å². The van der Waals surface area contributed by atoms with Crippen LogP contribution in [0.1, 0.15) is 20.3 Å². The lowest BCUT2D eigenvalue weighted by atomic mass is 10.3. The molecule has 0 aliphatic carbocycles. The molecule has 7 nitrogen and oxygen atoms in total. The Kier molecular flexibility index (Phi) is 6.17. The second kappa shape index (κ2) is 6.46. The normalized spacial score (nSPS) is 23.4. The zero-order valence-corrected chi connectivity index (χ0v) is 12.8. The number of halogens is 4.